The van der Waals surface area contributed by atoms with E-state index in [0.29, 0.717) is 6.61 Å². The van der Waals surface area contributed by atoms with Crippen LogP contribution in [0.2, 0.25) is 0 Å². The molecule has 1 N–H and O–H groups in total. The topological polar surface area (TPSA) is 29.5 Å². The highest BCUT2D eigenvalue weighted by Gasteiger charge is 2.21. The van der Waals surface area contributed by atoms with Crippen molar-refractivity contribution in [3.63, 3.8) is 0 Å². The average Bonchev–Trinajstić information content (AvgIpc) is 1.92. The van der Waals surface area contributed by atoms with E-state index in [0.717, 1.165) is 25.9 Å². The van der Waals surface area contributed by atoms with Crippen LogP contribution in [-0.4, -0.2) is 23.9 Å². The molecular weight excluding hydrogens is 116 g/mol. The summed E-state index contributed by atoms with van der Waals surface area (Å²) in [6.07, 6.45) is 3.07. The predicted octanol–water partition coefficient (Wildman–Crippen LogP) is 0.938. The van der Waals surface area contributed by atoms with E-state index >= 15 is 0 Å². The minimum atomic E-state index is -0.559. The van der Waals surface area contributed by atoms with E-state index in [1.165, 1.54) is 0 Å². The molecule has 2 heteroatoms. The SMILES string of the molecule is CC1(O)CCCCOC1. The van der Waals surface area contributed by atoms with Gasteiger partial charge in [0.2, 0.25) is 0 Å². The standard InChI is InChI=1S/C7H14O2/c1-7(8)4-2-3-5-9-6-7/h8H,2-6H2,1H3. The van der Waals surface area contributed by atoms with Gasteiger partial charge in [0.1, 0.15) is 0 Å². The van der Waals surface area contributed by atoms with Gasteiger partial charge in [-0.15, -0.1) is 0 Å². The summed E-state index contributed by atoms with van der Waals surface area (Å²) in [6.45, 7) is 3.15. The maximum Gasteiger partial charge on any atom is 0.0852 e. The molecule has 1 unspecified atom stereocenters. The van der Waals surface area contributed by atoms with Crippen LogP contribution in [0.5, 0.6) is 0 Å². The zero-order valence-electron chi connectivity index (χ0n) is 5.89. The molecule has 1 rings (SSSR count). The monoisotopic (exact) mass is 130 g/mol. The Bertz CT molecular complexity index is 78.9. The minimum Gasteiger partial charge on any atom is -0.388 e. The van der Waals surface area contributed by atoms with Gasteiger partial charge in [0.15, 0.2) is 0 Å². The fraction of sp³-hybridized carbons (Fsp3) is 1.00. The van der Waals surface area contributed by atoms with Crippen molar-refractivity contribution in [1.82, 2.24) is 0 Å². The van der Waals surface area contributed by atoms with Crippen molar-refractivity contribution in [2.75, 3.05) is 13.2 Å². The lowest BCUT2D eigenvalue weighted by Gasteiger charge is -2.18. The lowest BCUT2D eigenvalue weighted by Crippen LogP contribution is -2.28. The van der Waals surface area contributed by atoms with Gasteiger partial charge in [0.25, 0.3) is 0 Å². The molecule has 0 bridgehead atoms. The summed E-state index contributed by atoms with van der Waals surface area (Å²) in [5, 5.41) is 9.43. The molecule has 1 aliphatic heterocycles. The van der Waals surface area contributed by atoms with Gasteiger partial charge >= 0.3 is 0 Å². The molecule has 9 heavy (non-hydrogen) atoms. The first-order valence-electron chi connectivity index (χ1n) is 3.51. The van der Waals surface area contributed by atoms with E-state index in [-0.39, 0.29) is 0 Å². The third-order valence-corrected chi connectivity index (χ3v) is 1.67. The summed E-state index contributed by atoms with van der Waals surface area (Å²) in [4.78, 5) is 0. The summed E-state index contributed by atoms with van der Waals surface area (Å²) in [5.74, 6) is 0. The normalized spacial score (nSPS) is 38.0. The Balaban J connectivity index is 2.36. The van der Waals surface area contributed by atoms with Gasteiger partial charge in [-0.05, 0) is 26.2 Å². The number of hydrogen-bond acceptors (Lipinski definition) is 2. The molecule has 0 aromatic carbocycles. The zero-order valence-corrected chi connectivity index (χ0v) is 5.89. The number of hydrogen-bond donors (Lipinski definition) is 1. The van der Waals surface area contributed by atoms with Crippen LogP contribution in [0.4, 0.5) is 0 Å². The Morgan fingerprint density at radius 1 is 1.44 bits per heavy atom. The largest absolute Gasteiger partial charge is 0.388 e. The Morgan fingerprint density at radius 3 is 3.00 bits per heavy atom. The van der Waals surface area contributed by atoms with Crippen LogP contribution in [0.3, 0.4) is 0 Å². The molecule has 0 spiro atoms. The van der Waals surface area contributed by atoms with E-state index < -0.39 is 5.60 Å². The Hall–Kier alpha value is -0.0800. The molecule has 1 aliphatic rings. The molecule has 0 aromatic rings. The summed E-state index contributed by atoms with van der Waals surface area (Å²) in [7, 11) is 0. The van der Waals surface area contributed by atoms with Crippen molar-refractivity contribution >= 4 is 0 Å². The van der Waals surface area contributed by atoms with Crippen molar-refractivity contribution in [3.8, 4) is 0 Å². The third kappa shape index (κ3) is 2.33. The zero-order chi connectivity index (χ0) is 6.74. The maximum atomic E-state index is 9.43. The smallest absolute Gasteiger partial charge is 0.0852 e. The molecule has 1 saturated heterocycles. The summed E-state index contributed by atoms with van der Waals surface area (Å²) >= 11 is 0. The average molecular weight is 130 g/mol. The first kappa shape index (κ1) is 7.03. The maximum absolute atomic E-state index is 9.43. The number of aliphatic hydroxyl groups is 1. The van der Waals surface area contributed by atoms with Gasteiger partial charge < -0.3 is 9.84 Å². The second-order valence-electron chi connectivity index (χ2n) is 3.01. The highest BCUT2D eigenvalue weighted by Crippen LogP contribution is 2.17. The molecule has 1 atom stereocenters. The van der Waals surface area contributed by atoms with Gasteiger partial charge in [-0.1, -0.05) is 0 Å². The molecule has 0 amide bonds. The second kappa shape index (κ2) is 2.67. The molecule has 0 saturated carbocycles. The molecule has 0 aliphatic carbocycles. The Labute approximate surface area is 55.8 Å². The van der Waals surface area contributed by atoms with E-state index in [4.69, 9.17) is 4.74 Å². The van der Waals surface area contributed by atoms with Crippen molar-refractivity contribution in [2.45, 2.75) is 31.8 Å². The van der Waals surface area contributed by atoms with Crippen molar-refractivity contribution in [3.05, 3.63) is 0 Å². The lowest BCUT2D eigenvalue weighted by atomic mass is 10.0. The van der Waals surface area contributed by atoms with E-state index in [9.17, 15) is 5.11 Å². The van der Waals surface area contributed by atoms with Crippen molar-refractivity contribution in [2.24, 2.45) is 0 Å². The fourth-order valence-electron chi connectivity index (χ4n) is 1.07. The predicted molar refractivity (Wildman–Crippen MR) is 35.3 cm³/mol. The summed E-state index contributed by atoms with van der Waals surface area (Å²) < 4.78 is 5.16. The van der Waals surface area contributed by atoms with Gasteiger partial charge in [0.05, 0.1) is 12.2 Å². The van der Waals surface area contributed by atoms with E-state index in [2.05, 4.69) is 0 Å². The van der Waals surface area contributed by atoms with Crippen LogP contribution in [0, 0.1) is 0 Å². The van der Waals surface area contributed by atoms with Crippen LogP contribution >= 0.6 is 0 Å². The molecule has 2 nitrogen and oxygen atoms in total. The Kier molecular flexibility index (Phi) is 2.09. The third-order valence-electron chi connectivity index (χ3n) is 1.67. The van der Waals surface area contributed by atoms with Crippen LogP contribution in [0.25, 0.3) is 0 Å². The first-order chi connectivity index (χ1) is 4.21. The van der Waals surface area contributed by atoms with Gasteiger partial charge in [-0.2, -0.15) is 0 Å². The fourth-order valence-corrected chi connectivity index (χ4v) is 1.07. The molecule has 1 heterocycles. The van der Waals surface area contributed by atoms with Crippen LogP contribution in [0.15, 0.2) is 0 Å². The summed E-state index contributed by atoms with van der Waals surface area (Å²) in [5.41, 5.74) is -0.559. The van der Waals surface area contributed by atoms with Gasteiger partial charge in [-0.3, -0.25) is 0 Å². The quantitative estimate of drug-likeness (QED) is 0.528. The number of rotatable bonds is 0. The minimum absolute atomic E-state index is 0.507. The lowest BCUT2D eigenvalue weighted by molar-refractivity contribution is -0.0229. The van der Waals surface area contributed by atoms with E-state index in [1.807, 2.05) is 6.92 Å². The van der Waals surface area contributed by atoms with Gasteiger partial charge in [-0.25, -0.2) is 0 Å². The van der Waals surface area contributed by atoms with Gasteiger partial charge in [0, 0.05) is 6.61 Å². The highest BCUT2D eigenvalue weighted by atomic mass is 16.5. The van der Waals surface area contributed by atoms with Crippen molar-refractivity contribution < 1.29 is 9.84 Å². The van der Waals surface area contributed by atoms with E-state index in [1.54, 1.807) is 0 Å². The van der Waals surface area contributed by atoms with Crippen LogP contribution in [-0.2, 0) is 4.74 Å². The molecule has 0 radical (unpaired) electrons. The Morgan fingerprint density at radius 2 is 2.22 bits per heavy atom. The molecular formula is C7H14O2. The van der Waals surface area contributed by atoms with Crippen LogP contribution < -0.4 is 0 Å². The summed E-state index contributed by atoms with van der Waals surface area (Å²) in [6, 6.07) is 0. The first-order valence-corrected chi connectivity index (χ1v) is 3.51. The second-order valence-corrected chi connectivity index (χ2v) is 3.01. The molecule has 1 fully saturated rings. The number of ether oxygens (including phenoxy) is 1. The van der Waals surface area contributed by atoms with Crippen molar-refractivity contribution in [1.29, 1.82) is 0 Å². The molecule has 54 valence electrons. The molecule has 0 aromatic heterocycles. The van der Waals surface area contributed by atoms with Crippen LogP contribution in [0.1, 0.15) is 26.2 Å². The highest BCUT2D eigenvalue weighted by molar-refractivity contribution is 4.73.